The summed E-state index contributed by atoms with van der Waals surface area (Å²) in [5.74, 6) is 0.953. The van der Waals surface area contributed by atoms with Gasteiger partial charge in [-0.2, -0.15) is 0 Å². The van der Waals surface area contributed by atoms with Crippen LogP contribution in [0, 0.1) is 0 Å². The van der Waals surface area contributed by atoms with Crippen LogP contribution in [-0.2, 0) is 0 Å². The van der Waals surface area contributed by atoms with Gasteiger partial charge in [-0.15, -0.1) is 0 Å². The molecule has 0 bridgehead atoms. The minimum atomic E-state index is 0.655. The van der Waals surface area contributed by atoms with E-state index >= 15 is 0 Å². The predicted molar refractivity (Wildman–Crippen MR) is 60.5 cm³/mol. The van der Waals surface area contributed by atoms with Crippen molar-refractivity contribution in [2.75, 3.05) is 18.0 Å². The van der Waals surface area contributed by atoms with Crippen LogP contribution < -0.4 is 4.90 Å². The average Bonchev–Trinajstić information content (AvgIpc) is 2.10. The Morgan fingerprint density at radius 3 is 2.54 bits per heavy atom. The van der Waals surface area contributed by atoms with Gasteiger partial charge < -0.3 is 4.90 Å². The van der Waals surface area contributed by atoms with Crippen LogP contribution in [0.25, 0.3) is 0 Å². The third-order valence-corrected chi connectivity index (χ3v) is 2.64. The molecule has 0 spiro atoms. The molecule has 1 heterocycles. The summed E-state index contributed by atoms with van der Waals surface area (Å²) in [6, 6.07) is 1.86. The molecule has 0 N–H and O–H groups in total. The van der Waals surface area contributed by atoms with Gasteiger partial charge in [0.25, 0.3) is 0 Å². The van der Waals surface area contributed by atoms with Gasteiger partial charge in [-0.3, -0.25) is 0 Å². The quantitative estimate of drug-likeness (QED) is 0.831. The Hall–Kier alpha value is -0.280. The number of rotatable bonds is 3. The van der Waals surface area contributed by atoms with Gasteiger partial charge in [0, 0.05) is 19.3 Å². The van der Waals surface area contributed by atoms with Gasteiger partial charge in [-0.1, -0.05) is 11.6 Å². The molecule has 0 saturated heterocycles. The molecule has 1 aromatic rings. The molecule has 0 saturated carbocycles. The van der Waals surface area contributed by atoms with Crippen molar-refractivity contribution in [3.63, 3.8) is 0 Å². The van der Waals surface area contributed by atoms with E-state index in [-0.39, 0.29) is 0 Å². The Kier molecular flexibility index (Phi) is 4.00. The maximum atomic E-state index is 5.80. The van der Waals surface area contributed by atoms with Gasteiger partial charge in [0.05, 0.1) is 9.50 Å². The maximum Gasteiger partial charge on any atom is 0.142 e. The zero-order chi connectivity index (χ0) is 9.84. The number of nitrogens with zero attached hydrogens (tertiary/aromatic N) is 2. The third kappa shape index (κ3) is 2.58. The lowest BCUT2D eigenvalue weighted by molar-refractivity contribution is 0.843. The number of pyridine rings is 1. The SMILES string of the molecule is CCN(CC)c1ncc(Cl)cc1Br. The van der Waals surface area contributed by atoms with Crippen LogP contribution in [0.3, 0.4) is 0 Å². The first-order chi connectivity index (χ1) is 6.19. The van der Waals surface area contributed by atoms with Gasteiger partial charge in [0.2, 0.25) is 0 Å². The maximum absolute atomic E-state index is 5.80. The normalized spacial score (nSPS) is 10.2. The van der Waals surface area contributed by atoms with E-state index in [4.69, 9.17) is 11.6 Å². The molecule has 1 rings (SSSR count). The second-order valence-corrected chi connectivity index (χ2v) is 3.92. The van der Waals surface area contributed by atoms with Crippen molar-refractivity contribution < 1.29 is 0 Å². The Labute approximate surface area is 92.0 Å². The van der Waals surface area contributed by atoms with Crippen molar-refractivity contribution in [2.45, 2.75) is 13.8 Å². The summed E-state index contributed by atoms with van der Waals surface area (Å²) in [5.41, 5.74) is 0. The highest BCUT2D eigenvalue weighted by Crippen LogP contribution is 2.25. The summed E-state index contributed by atoms with van der Waals surface area (Å²) in [4.78, 5) is 6.43. The van der Waals surface area contributed by atoms with Crippen molar-refractivity contribution in [1.82, 2.24) is 4.98 Å². The van der Waals surface area contributed by atoms with Crippen molar-refractivity contribution in [3.05, 3.63) is 21.8 Å². The minimum Gasteiger partial charge on any atom is -0.356 e. The van der Waals surface area contributed by atoms with Crippen molar-refractivity contribution in [2.24, 2.45) is 0 Å². The van der Waals surface area contributed by atoms with Gasteiger partial charge >= 0.3 is 0 Å². The van der Waals surface area contributed by atoms with Gasteiger partial charge in [0.15, 0.2) is 0 Å². The summed E-state index contributed by atoms with van der Waals surface area (Å²) in [6.45, 7) is 6.10. The Bertz CT molecular complexity index is 287. The fourth-order valence-electron chi connectivity index (χ4n) is 1.16. The molecule has 1 aromatic heterocycles. The number of aromatic nitrogens is 1. The van der Waals surface area contributed by atoms with Crippen LogP contribution in [0.2, 0.25) is 5.02 Å². The fraction of sp³-hybridized carbons (Fsp3) is 0.444. The van der Waals surface area contributed by atoms with Crippen LogP contribution in [0.1, 0.15) is 13.8 Å². The molecule has 13 heavy (non-hydrogen) atoms. The molecule has 4 heteroatoms. The minimum absolute atomic E-state index is 0.655. The van der Waals surface area contributed by atoms with E-state index in [0.29, 0.717) is 5.02 Å². The average molecular weight is 264 g/mol. The largest absolute Gasteiger partial charge is 0.356 e. The fourth-order valence-corrected chi connectivity index (χ4v) is 2.05. The first-order valence-corrected chi connectivity index (χ1v) is 5.42. The summed E-state index contributed by atoms with van der Waals surface area (Å²) in [5, 5.41) is 0.655. The number of hydrogen-bond donors (Lipinski definition) is 0. The van der Waals surface area contributed by atoms with Crippen LogP contribution in [0.15, 0.2) is 16.7 Å². The van der Waals surface area contributed by atoms with E-state index in [0.717, 1.165) is 23.4 Å². The van der Waals surface area contributed by atoms with E-state index in [1.54, 1.807) is 6.20 Å². The van der Waals surface area contributed by atoms with E-state index in [2.05, 4.69) is 39.7 Å². The molecule has 0 fully saturated rings. The van der Waals surface area contributed by atoms with Crippen LogP contribution >= 0.6 is 27.5 Å². The molecular formula is C9H12BrClN2. The first kappa shape index (κ1) is 10.8. The molecule has 0 radical (unpaired) electrons. The molecule has 0 unspecified atom stereocenters. The Morgan fingerprint density at radius 2 is 2.08 bits per heavy atom. The molecule has 0 amide bonds. The molecule has 2 nitrogen and oxygen atoms in total. The molecule has 72 valence electrons. The Balaban J connectivity index is 2.99. The highest BCUT2D eigenvalue weighted by Gasteiger charge is 2.07. The van der Waals surface area contributed by atoms with Crippen LogP contribution in [-0.4, -0.2) is 18.1 Å². The molecule has 0 aliphatic carbocycles. The van der Waals surface area contributed by atoms with Gasteiger partial charge in [0.1, 0.15) is 5.82 Å². The van der Waals surface area contributed by atoms with Crippen molar-refractivity contribution in [3.8, 4) is 0 Å². The van der Waals surface area contributed by atoms with Crippen molar-refractivity contribution >= 4 is 33.3 Å². The molecule has 0 aromatic carbocycles. The lowest BCUT2D eigenvalue weighted by atomic mass is 10.4. The summed E-state index contributed by atoms with van der Waals surface area (Å²) < 4.78 is 0.948. The summed E-state index contributed by atoms with van der Waals surface area (Å²) in [7, 11) is 0. The number of anilines is 1. The lowest BCUT2D eigenvalue weighted by Crippen LogP contribution is -2.23. The van der Waals surface area contributed by atoms with E-state index in [9.17, 15) is 0 Å². The first-order valence-electron chi connectivity index (χ1n) is 4.25. The molecular weight excluding hydrogens is 251 g/mol. The van der Waals surface area contributed by atoms with Gasteiger partial charge in [-0.05, 0) is 35.8 Å². The zero-order valence-electron chi connectivity index (χ0n) is 7.72. The third-order valence-electron chi connectivity index (χ3n) is 1.85. The lowest BCUT2D eigenvalue weighted by Gasteiger charge is -2.20. The topological polar surface area (TPSA) is 16.1 Å². The smallest absolute Gasteiger partial charge is 0.142 e. The number of halogens is 2. The van der Waals surface area contributed by atoms with Gasteiger partial charge in [-0.25, -0.2) is 4.98 Å². The second kappa shape index (κ2) is 4.82. The van der Waals surface area contributed by atoms with E-state index in [1.807, 2.05) is 6.07 Å². The van der Waals surface area contributed by atoms with Crippen molar-refractivity contribution in [1.29, 1.82) is 0 Å². The molecule has 0 atom stereocenters. The monoisotopic (exact) mass is 262 g/mol. The zero-order valence-corrected chi connectivity index (χ0v) is 10.1. The van der Waals surface area contributed by atoms with Crippen LogP contribution in [0.4, 0.5) is 5.82 Å². The van der Waals surface area contributed by atoms with E-state index in [1.165, 1.54) is 0 Å². The highest BCUT2D eigenvalue weighted by atomic mass is 79.9. The van der Waals surface area contributed by atoms with Crippen LogP contribution in [0.5, 0.6) is 0 Å². The Morgan fingerprint density at radius 1 is 1.46 bits per heavy atom. The molecule has 0 aliphatic heterocycles. The number of hydrogen-bond acceptors (Lipinski definition) is 2. The summed E-state index contributed by atoms with van der Waals surface area (Å²) in [6.07, 6.45) is 1.67. The molecule has 0 aliphatic rings. The standard InChI is InChI=1S/C9H12BrClN2/c1-3-13(4-2)9-8(10)5-7(11)6-12-9/h5-6H,3-4H2,1-2H3. The highest BCUT2D eigenvalue weighted by molar-refractivity contribution is 9.10. The summed E-state index contributed by atoms with van der Waals surface area (Å²) >= 11 is 9.24. The predicted octanol–water partition coefficient (Wildman–Crippen LogP) is 3.34. The van der Waals surface area contributed by atoms with E-state index < -0.39 is 0 Å². The second-order valence-electron chi connectivity index (χ2n) is 2.63.